The van der Waals surface area contributed by atoms with Gasteiger partial charge in [-0.3, -0.25) is 14.8 Å². The quantitative estimate of drug-likeness (QED) is 0.846. The van der Waals surface area contributed by atoms with Crippen molar-refractivity contribution in [3.8, 4) is 0 Å². The zero-order valence-electron chi connectivity index (χ0n) is 11.9. The molecule has 1 atom stereocenters. The van der Waals surface area contributed by atoms with Crippen LogP contribution in [0.3, 0.4) is 0 Å². The van der Waals surface area contributed by atoms with E-state index in [0.717, 1.165) is 11.3 Å². The van der Waals surface area contributed by atoms with Crippen molar-refractivity contribution in [3.05, 3.63) is 59.7 Å². The van der Waals surface area contributed by atoms with Crippen molar-refractivity contribution in [1.29, 1.82) is 0 Å². The number of carbonyl (C=O) groups is 1. The molecule has 1 fully saturated rings. The Morgan fingerprint density at radius 1 is 1.24 bits per heavy atom. The smallest absolute Gasteiger partial charge is 0.272 e. The van der Waals surface area contributed by atoms with Crippen molar-refractivity contribution >= 4 is 5.91 Å². The third-order valence-corrected chi connectivity index (χ3v) is 3.58. The lowest BCUT2D eigenvalue weighted by Gasteiger charge is -2.32. The fourth-order valence-electron chi connectivity index (χ4n) is 2.44. The largest absolute Gasteiger partial charge is 0.368 e. The molecule has 1 amide bonds. The topological polar surface area (TPSA) is 55.3 Å². The molecule has 5 nitrogen and oxygen atoms in total. The summed E-state index contributed by atoms with van der Waals surface area (Å²) in [6.07, 6.45) is 3.21. The van der Waals surface area contributed by atoms with Gasteiger partial charge < -0.3 is 9.64 Å². The maximum absolute atomic E-state index is 12.6. The summed E-state index contributed by atoms with van der Waals surface area (Å²) in [6, 6.07) is 9.45. The number of pyridine rings is 2. The lowest BCUT2D eigenvalue weighted by molar-refractivity contribution is -0.0249. The highest BCUT2D eigenvalue weighted by Crippen LogP contribution is 2.21. The zero-order chi connectivity index (χ0) is 14.7. The highest BCUT2D eigenvalue weighted by atomic mass is 16.5. The van der Waals surface area contributed by atoms with Crippen LogP contribution in [-0.4, -0.2) is 40.5 Å². The van der Waals surface area contributed by atoms with E-state index in [0.29, 0.717) is 25.4 Å². The van der Waals surface area contributed by atoms with Gasteiger partial charge in [0.2, 0.25) is 0 Å². The van der Waals surface area contributed by atoms with E-state index in [1.807, 2.05) is 37.3 Å². The lowest BCUT2D eigenvalue weighted by atomic mass is 10.1. The van der Waals surface area contributed by atoms with Crippen LogP contribution in [0.2, 0.25) is 0 Å². The van der Waals surface area contributed by atoms with Gasteiger partial charge in [-0.05, 0) is 30.7 Å². The third kappa shape index (κ3) is 2.92. The van der Waals surface area contributed by atoms with Gasteiger partial charge in [0, 0.05) is 18.9 Å². The van der Waals surface area contributed by atoms with E-state index in [1.165, 1.54) is 0 Å². The average Bonchev–Trinajstić information content (AvgIpc) is 2.56. The van der Waals surface area contributed by atoms with Gasteiger partial charge in [-0.15, -0.1) is 0 Å². The zero-order valence-corrected chi connectivity index (χ0v) is 11.9. The highest BCUT2D eigenvalue weighted by molar-refractivity contribution is 5.93. The first kappa shape index (κ1) is 13.7. The number of carbonyl (C=O) groups excluding carboxylic acids is 1. The maximum atomic E-state index is 12.6. The SMILES string of the molecule is Cc1cccnc1C(=O)N1CCO[C@H](c2ccccn2)C1. The minimum Gasteiger partial charge on any atom is -0.368 e. The molecule has 1 aliphatic rings. The van der Waals surface area contributed by atoms with Crippen molar-refractivity contribution in [2.24, 2.45) is 0 Å². The number of amides is 1. The first-order valence-corrected chi connectivity index (χ1v) is 6.99. The Morgan fingerprint density at radius 2 is 2.10 bits per heavy atom. The molecule has 0 bridgehead atoms. The minimum atomic E-state index is -0.173. The molecular weight excluding hydrogens is 266 g/mol. The number of aryl methyl sites for hydroxylation is 1. The molecule has 0 unspecified atom stereocenters. The number of ether oxygens (including phenoxy) is 1. The van der Waals surface area contributed by atoms with E-state index in [2.05, 4.69) is 9.97 Å². The third-order valence-electron chi connectivity index (χ3n) is 3.58. The van der Waals surface area contributed by atoms with E-state index in [-0.39, 0.29) is 12.0 Å². The number of morpholine rings is 1. The average molecular weight is 283 g/mol. The number of hydrogen-bond acceptors (Lipinski definition) is 4. The van der Waals surface area contributed by atoms with Gasteiger partial charge in [-0.25, -0.2) is 0 Å². The minimum absolute atomic E-state index is 0.0441. The van der Waals surface area contributed by atoms with Crippen LogP contribution in [0.4, 0.5) is 0 Å². The van der Waals surface area contributed by atoms with Gasteiger partial charge in [-0.2, -0.15) is 0 Å². The van der Waals surface area contributed by atoms with Crippen LogP contribution in [0.25, 0.3) is 0 Å². The first-order valence-electron chi connectivity index (χ1n) is 6.99. The molecule has 0 saturated carbocycles. The lowest BCUT2D eigenvalue weighted by Crippen LogP contribution is -2.43. The summed E-state index contributed by atoms with van der Waals surface area (Å²) in [4.78, 5) is 22.9. The van der Waals surface area contributed by atoms with Gasteiger partial charge in [0.05, 0.1) is 18.8 Å². The molecule has 2 aromatic heterocycles. The molecule has 0 spiro atoms. The summed E-state index contributed by atoms with van der Waals surface area (Å²) < 4.78 is 5.73. The van der Waals surface area contributed by atoms with Crippen LogP contribution in [0, 0.1) is 6.92 Å². The second-order valence-electron chi connectivity index (χ2n) is 5.03. The number of hydrogen-bond donors (Lipinski definition) is 0. The van der Waals surface area contributed by atoms with Gasteiger partial charge in [0.1, 0.15) is 11.8 Å². The molecule has 21 heavy (non-hydrogen) atoms. The number of nitrogens with zero attached hydrogens (tertiary/aromatic N) is 3. The summed E-state index contributed by atoms with van der Waals surface area (Å²) in [5.74, 6) is -0.0441. The van der Waals surface area contributed by atoms with Gasteiger partial charge >= 0.3 is 0 Å². The molecule has 1 aliphatic heterocycles. The Labute approximate surface area is 123 Å². The summed E-state index contributed by atoms with van der Waals surface area (Å²) >= 11 is 0. The van der Waals surface area contributed by atoms with Crippen molar-refractivity contribution in [2.45, 2.75) is 13.0 Å². The van der Waals surface area contributed by atoms with Crippen molar-refractivity contribution in [1.82, 2.24) is 14.9 Å². The Morgan fingerprint density at radius 3 is 2.86 bits per heavy atom. The van der Waals surface area contributed by atoms with E-state index in [9.17, 15) is 4.79 Å². The molecular formula is C16H17N3O2. The molecule has 3 rings (SSSR count). The molecule has 2 aromatic rings. The normalized spacial score (nSPS) is 18.5. The number of aromatic nitrogens is 2. The van der Waals surface area contributed by atoms with Crippen LogP contribution in [-0.2, 0) is 4.74 Å². The molecule has 1 saturated heterocycles. The van der Waals surface area contributed by atoms with E-state index < -0.39 is 0 Å². The molecule has 3 heterocycles. The molecule has 5 heteroatoms. The second kappa shape index (κ2) is 6.01. The summed E-state index contributed by atoms with van der Waals surface area (Å²) in [5, 5.41) is 0. The molecule has 108 valence electrons. The van der Waals surface area contributed by atoms with Crippen LogP contribution in [0.15, 0.2) is 42.7 Å². The summed E-state index contributed by atoms with van der Waals surface area (Å²) in [7, 11) is 0. The molecule has 0 aliphatic carbocycles. The Balaban J connectivity index is 1.77. The van der Waals surface area contributed by atoms with Crippen molar-refractivity contribution in [3.63, 3.8) is 0 Å². The van der Waals surface area contributed by atoms with Crippen molar-refractivity contribution in [2.75, 3.05) is 19.7 Å². The fourth-order valence-corrected chi connectivity index (χ4v) is 2.44. The van der Waals surface area contributed by atoms with Gasteiger partial charge in [-0.1, -0.05) is 12.1 Å². The monoisotopic (exact) mass is 283 g/mol. The highest BCUT2D eigenvalue weighted by Gasteiger charge is 2.27. The van der Waals surface area contributed by atoms with Crippen molar-refractivity contribution < 1.29 is 9.53 Å². The Bertz CT molecular complexity index is 630. The summed E-state index contributed by atoms with van der Waals surface area (Å²) in [5.41, 5.74) is 2.26. The maximum Gasteiger partial charge on any atom is 0.272 e. The van der Waals surface area contributed by atoms with Gasteiger partial charge in [0.25, 0.3) is 5.91 Å². The predicted molar refractivity (Wildman–Crippen MR) is 77.8 cm³/mol. The molecule has 0 N–H and O–H groups in total. The Kier molecular flexibility index (Phi) is 3.92. The fraction of sp³-hybridized carbons (Fsp3) is 0.312. The van der Waals surface area contributed by atoms with Crippen LogP contribution in [0.5, 0.6) is 0 Å². The predicted octanol–water partition coefficient (Wildman–Crippen LogP) is 2.00. The van der Waals surface area contributed by atoms with E-state index >= 15 is 0 Å². The van der Waals surface area contributed by atoms with E-state index in [4.69, 9.17) is 4.74 Å². The Hall–Kier alpha value is -2.27. The van der Waals surface area contributed by atoms with E-state index in [1.54, 1.807) is 17.3 Å². The van der Waals surface area contributed by atoms with Crippen LogP contribution in [0.1, 0.15) is 27.8 Å². The summed E-state index contributed by atoms with van der Waals surface area (Å²) in [6.45, 7) is 3.50. The second-order valence-corrected chi connectivity index (χ2v) is 5.03. The number of rotatable bonds is 2. The molecule has 0 radical (unpaired) electrons. The standard InChI is InChI=1S/C16H17N3O2/c1-12-5-4-8-18-15(12)16(20)19-9-10-21-14(11-19)13-6-2-3-7-17-13/h2-8,14H,9-11H2,1H3/t14-/m0/s1. The first-order chi connectivity index (χ1) is 10.3. The van der Waals surface area contributed by atoms with Gasteiger partial charge in [0.15, 0.2) is 0 Å². The van der Waals surface area contributed by atoms with Crippen LogP contribution < -0.4 is 0 Å². The van der Waals surface area contributed by atoms with Crippen LogP contribution >= 0.6 is 0 Å². The molecule has 0 aromatic carbocycles.